The summed E-state index contributed by atoms with van der Waals surface area (Å²) in [6, 6.07) is 5.93. The van der Waals surface area contributed by atoms with E-state index >= 15 is 0 Å². The van der Waals surface area contributed by atoms with E-state index in [0.717, 1.165) is 11.1 Å². The Balaban J connectivity index is 1.73. The zero-order valence-electron chi connectivity index (χ0n) is 15.2. The van der Waals surface area contributed by atoms with Crippen LogP contribution in [-0.2, 0) is 18.0 Å². The zero-order chi connectivity index (χ0) is 18.7. The van der Waals surface area contributed by atoms with Crippen molar-refractivity contribution in [3.05, 3.63) is 40.7 Å². The lowest BCUT2D eigenvalue weighted by atomic mass is 10.1. The highest BCUT2D eigenvalue weighted by atomic mass is 16.5. The van der Waals surface area contributed by atoms with Crippen molar-refractivity contribution in [3.63, 3.8) is 0 Å². The molecule has 2 aromatic rings. The maximum absolute atomic E-state index is 12.3. The molecule has 0 unspecified atom stereocenters. The summed E-state index contributed by atoms with van der Waals surface area (Å²) in [6.07, 6.45) is 1.58. The van der Waals surface area contributed by atoms with Crippen molar-refractivity contribution < 1.29 is 9.53 Å². The minimum atomic E-state index is -0.501. The molecule has 9 heteroatoms. The second-order valence-corrected chi connectivity index (χ2v) is 6.27. The molecule has 136 valence electrons. The van der Waals surface area contributed by atoms with Gasteiger partial charge in [0.2, 0.25) is 17.7 Å². The summed E-state index contributed by atoms with van der Waals surface area (Å²) >= 11 is 0. The Bertz CT molecular complexity index is 823. The van der Waals surface area contributed by atoms with Gasteiger partial charge in [-0.05, 0) is 22.8 Å². The summed E-state index contributed by atoms with van der Waals surface area (Å²) in [7, 11) is 7.19. The van der Waals surface area contributed by atoms with Crippen molar-refractivity contribution in [1.82, 2.24) is 20.4 Å². The van der Waals surface area contributed by atoms with E-state index in [1.807, 2.05) is 18.2 Å². The molecule has 2 heterocycles. The van der Waals surface area contributed by atoms with Gasteiger partial charge in [-0.3, -0.25) is 4.79 Å². The third kappa shape index (κ3) is 3.94. The molecule has 9 nitrogen and oxygen atoms in total. The maximum atomic E-state index is 12.3. The zero-order valence-corrected chi connectivity index (χ0v) is 15.2. The highest BCUT2D eigenvalue weighted by Gasteiger charge is 2.15. The van der Waals surface area contributed by atoms with Gasteiger partial charge in [0.05, 0.1) is 19.4 Å². The SMILES string of the molecule is CN(C)c1nc(C(=O)NN=Cc2ccc3c(c2)COC3)nc(N(C)C)n1. The van der Waals surface area contributed by atoms with Crippen molar-refractivity contribution in [2.24, 2.45) is 5.10 Å². The third-order valence-electron chi connectivity index (χ3n) is 3.74. The lowest BCUT2D eigenvalue weighted by molar-refractivity contribution is 0.0944. The fourth-order valence-electron chi connectivity index (χ4n) is 2.34. The number of ether oxygens (including phenoxy) is 1. The molecule has 1 aromatic heterocycles. The van der Waals surface area contributed by atoms with Crippen molar-refractivity contribution in [2.75, 3.05) is 38.0 Å². The standard InChI is InChI=1S/C17H21N7O2/c1-23(2)16-19-14(20-17(21-16)24(3)4)15(25)22-18-8-11-5-6-12-9-26-10-13(12)7-11/h5-8H,9-10H2,1-4H3,(H,22,25). The number of benzene rings is 1. The molecule has 0 fully saturated rings. The summed E-state index contributed by atoms with van der Waals surface area (Å²) in [5, 5.41) is 4.00. The monoisotopic (exact) mass is 355 g/mol. The number of nitrogens with zero attached hydrogens (tertiary/aromatic N) is 6. The summed E-state index contributed by atoms with van der Waals surface area (Å²) in [5.74, 6) is 0.305. The number of hydrogen-bond acceptors (Lipinski definition) is 8. The van der Waals surface area contributed by atoms with Crippen molar-refractivity contribution in [1.29, 1.82) is 0 Å². The minimum absolute atomic E-state index is 0.00639. The Morgan fingerprint density at radius 1 is 1.08 bits per heavy atom. The van der Waals surface area contributed by atoms with E-state index in [4.69, 9.17) is 4.74 Å². The third-order valence-corrected chi connectivity index (χ3v) is 3.74. The van der Waals surface area contributed by atoms with Crippen LogP contribution in [0.15, 0.2) is 23.3 Å². The summed E-state index contributed by atoms with van der Waals surface area (Å²) < 4.78 is 5.39. The predicted molar refractivity (Wildman–Crippen MR) is 98.5 cm³/mol. The normalized spacial score (nSPS) is 12.9. The Kier molecular flexibility index (Phi) is 5.08. The quantitative estimate of drug-likeness (QED) is 0.626. The number of rotatable bonds is 5. The molecular formula is C17H21N7O2. The number of fused-ring (bicyclic) bond motifs is 1. The molecule has 0 bridgehead atoms. The molecule has 0 saturated heterocycles. The number of nitrogens with one attached hydrogen (secondary N) is 1. The predicted octanol–water partition coefficient (Wildman–Crippen LogP) is 0.798. The van der Waals surface area contributed by atoms with Crippen molar-refractivity contribution in [2.45, 2.75) is 13.2 Å². The smallest absolute Gasteiger partial charge is 0.309 e. The number of carbonyl (C=O) groups is 1. The van der Waals surface area contributed by atoms with Crippen molar-refractivity contribution >= 4 is 24.0 Å². The second-order valence-electron chi connectivity index (χ2n) is 6.27. The molecule has 3 rings (SSSR count). The maximum Gasteiger partial charge on any atom is 0.309 e. The van der Waals surface area contributed by atoms with Crippen LogP contribution < -0.4 is 15.2 Å². The van der Waals surface area contributed by atoms with Crippen LogP contribution in [0.2, 0.25) is 0 Å². The molecule has 0 spiro atoms. The van der Waals surface area contributed by atoms with Gasteiger partial charge < -0.3 is 14.5 Å². The van der Waals surface area contributed by atoms with E-state index in [-0.39, 0.29) is 5.82 Å². The van der Waals surface area contributed by atoms with Crippen LogP contribution in [-0.4, -0.2) is 55.3 Å². The first-order valence-corrected chi connectivity index (χ1v) is 8.07. The Hall–Kier alpha value is -3.07. The largest absolute Gasteiger partial charge is 0.372 e. The van der Waals surface area contributed by atoms with Crippen LogP contribution in [0.4, 0.5) is 11.9 Å². The molecule has 0 saturated carbocycles. The van der Waals surface area contributed by atoms with Gasteiger partial charge in [0.1, 0.15) is 0 Å². The average Bonchev–Trinajstić information content (AvgIpc) is 3.08. The number of amides is 1. The fourth-order valence-corrected chi connectivity index (χ4v) is 2.34. The van der Waals surface area contributed by atoms with Crippen LogP contribution in [0.1, 0.15) is 27.3 Å². The topological polar surface area (TPSA) is 95.8 Å². The van der Waals surface area contributed by atoms with Gasteiger partial charge in [0.25, 0.3) is 0 Å². The van der Waals surface area contributed by atoms with Crippen LogP contribution >= 0.6 is 0 Å². The van der Waals surface area contributed by atoms with E-state index in [9.17, 15) is 4.79 Å². The Morgan fingerprint density at radius 2 is 1.73 bits per heavy atom. The minimum Gasteiger partial charge on any atom is -0.372 e. The van der Waals surface area contributed by atoms with Gasteiger partial charge >= 0.3 is 5.91 Å². The fraction of sp³-hybridized carbons (Fsp3) is 0.353. The van der Waals surface area contributed by atoms with Gasteiger partial charge in [-0.2, -0.15) is 20.1 Å². The molecule has 1 aliphatic rings. The highest BCUT2D eigenvalue weighted by Crippen LogP contribution is 2.20. The van der Waals surface area contributed by atoms with E-state index in [2.05, 4.69) is 25.5 Å². The van der Waals surface area contributed by atoms with Gasteiger partial charge in [0, 0.05) is 28.2 Å². The number of anilines is 2. The van der Waals surface area contributed by atoms with Gasteiger partial charge in [-0.25, -0.2) is 5.43 Å². The molecule has 1 aromatic carbocycles. The molecule has 0 radical (unpaired) electrons. The molecule has 1 amide bonds. The first-order chi connectivity index (χ1) is 12.4. The van der Waals surface area contributed by atoms with E-state index < -0.39 is 5.91 Å². The van der Waals surface area contributed by atoms with E-state index in [1.165, 1.54) is 5.56 Å². The molecule has 0 atom stereocenters. The average molecular weight is 355 g/mol. The van der Waals surface area contributed by atoms with Crippen LogP contribution in [0.25, 0.3) is 0 Å². The molecule has 1 N–H and O–H groups in total. The summed E-state index contributed by atoms with van der Waals surface area (Å²) in [5.41, 5.74) is 5.67. The van der Waals surface area contributed by atoms with Gasteiger partial charge in [-0.15, -0.1) is 0 Å². The highest BCUT2D eigenvalue weighted by molar-refractivity contribution is 5.92. The summed E-state index contributed by atoms with van der Waals surface area (Å²) in [6.45, 7) is 1.25. The van der Waals surface area contributed by atoms with Gasteiger partial charge in [0.15, 0.2) is 0 Å². The van der Waals surface area contributed by atoms with Gasteiger partial charge in [-0.1, -0.05) is 12.1 Å². The molecule has 26 heavy (non-hydrogen) atoms. The number of carbonyl (C=O) groups excluding carboxylic acids is 1. The Morgan fingerprint density at radius 3 is 2.38 bits per heavy atom. The first kappa shape index (κ1) is 17.7. The lowest BCUT2D eigenvalue weighted by Crippen LogP contribution is -2.25. The molecular weight excluding hydrogens is 334 g/mol. The van der Waals surface area contributed by atoms with Crippen LogP contribution in [0.3, 0.4) is 0 Å². The number of aromatic nitrogens is 3. The molecule has 1 aliphatic heterocycles. The number of hydrogen-bond donors (Lipinski definition) is 1. The van der Waals surface area contributed by atoms with E-state index in [0.29, 0.717) is 25.1 Å². The Labute approximate surface area is 151 Å². The van der Waals surface area contributed by atoms with Crippen LogP contribution in [0, 0.1) is 0 Å². The number of hydrazone groups is 1. The second kappa shape index (κ2) is 7.44. The summed E-state index contributed by atoms with van der Waals surface area (Å²) in [4.78, 5) is 28.4. The lowest BCUT2D eigenvalue weighted by Gasteiger charge is -2.15. The first-order valence-electron chi connectivity index (χ1n) is 8.07. The van der Waals surface area contributed by atoms with Crippen LogP contribution in [0.5, 0.6) is 0 Å². The molecule has 0 aliphatic carbocycles. The van der Waals surface area contributed by atoms with E-state index in [1.54, 1.807) is 44.2 Å². The van der Waals surface area contributed by atoms with Crippen molar-refractivity contribution in [3.8, 4) is 0 Å².